The molecule has 0 aliphatic carbocycles. The normalized spacial score (nSPS) is 16.0. The van der Waals surface area contributed by atoms with Crippen LogP contribution in [0.15, 0.2) is 78.9 Å². The zero-order valence-corrected chi connectivity index (χ0v) is 22.1. The van der Waals surface area contributed by atoms with Gasteiger partial charge in [0.05, 0.1) is 30.5 Å². The molecule has 1 aliphatic heterocycles. The van der Waals surface area contributed by atoms with Gasteiger partial charge in [-0.25, -0.2) is 0 Å². The molecule has 1 aliphatic rings. The van der Waals surface area contributed by atoms with E-state index in [9.17, 15) is 14.4 Å². The number of carbonyl (C=O) groups excluding carboxylic acids is 3. The monoisotopic (exact) mass is 512 g/mol. The predicted octanol–water partition coefficient (Wildman–Crippen LogP) is 4.29. The van der Waals surface area contributed by atoms with E-state index in [0.717, 1.165) is 35.3 Å². The van der Waals surface area contributed by atoms with Gasteiger partial charge < -0.3 is 20.9 Å². The van der Waals surface area contributed by atoms with Crippen LogP contribution >= 0.6 is 0 Å². The van der Waals surface area contributed by atoms with Gasteiger partial charge in [0.25, 0.3) is 5.91 Å². The molecular weight excluding hydrogens is 476 g/mol. The van der Waals surface area contributed by atoms with E-state index in [1.165, 1.54) is 4.90 Å². The van der Waals surface area contributed by atoms with Crippen molar-refractivity contribution in [3.63, 3.8) is 0 Å². The van der Waals surface area contributed by atoms with Gasteiger partial charge >= 0.3 is 0 Å². The summed E-state index contributed by atoms with van der Waals surface area (Å²) in [7, 11) is 0. The molecule has 7 nitrogen and oxygen atoms in total. The maximum absolute atomic E-state index is 14.0. The number of hydrogen-bond donors (Lipinski definition) is 2. The highest BCUT2D eigenvalue weighted by atomic mass is 16.2. The Morgan fingerprint density at radius 1 is 1.00 bits per heavy atom. The lowest BCUT2D eigenvalue weighted by Gasteiger charge is -2.27. The molecular formula is C31H36N4O3. The number of nitrogens with one attached hydrogen (secondary N) is 1. The third-order valence-corrected chi connectivity index (χ3v) is 6.80. The fourth-order valence-corrected chi connectivity index (χ4v) is 4.74. The smallest absolute Gasteiger partial charge is 0.251 e. The molecule has 0 radical (unpaired) electrons. The summed E-state index contributed by atoms with van der Waals surface area (Å²) in [6, 6.07) is 23.5. The number of benzene rings is 3. The number of amides is 2. The number of para-hydroxylation sites is 1. The summed E-state index contributed by atoms with van der Waals surface area (Å²) in [6.45, 7) is 4.16. The zero-order valence-electron chi connectivity index (χ0n) is 22.1. The number of carbonyl (C=O) groups is 3. The van der Waals surface area contributed by atoms with Crippen molar-refractivity contribution < 1.29 is 14.4 Å². The number of rotatable bonds is 10. The Bertz CT molecular complexity index is 1260. The Morgan fingerprint density at radius 2 is 1.68 bits per heavy atom. The number of ketones is 1. The van der Waals surface area contributed by atoms with Crippen molar-refractivity contribution in [2.75, 3.05) is 22.9 Å². The van der Waals surface area contributed by atoms with Crippen LogP contribution in [0.4, 0.5) is 17.1 Å². The van der Waals surface area contributed by atoms with E-state index in [2.05, 4.69) is 5.32 Å². The number of hydrogen-bond acceptors (Lipinski definition) is 5. The number of nitrogens with zero attached hydrogens (tertiary/aromatic N) is 2. The Kier molecular flexibility index (Phi) is 8.92. The van der Waals surface area contributed by atoms with Crippen molar-refractivity contribution in [2.45, 2.75) is 51.6 Å². The molecule has 3 N–H and O–H groups in total. The topological polar surface area (TPSA) is 95.7 Å². The highest BCUT2D eigenvalue weighted by Crippen LogP contribution is 2.38. The molecule has 0 spiro atoms. The number of unbranched alkanes of at least 4 members (excludes halogenated alkanes) is 1. The molecule has 198 valence electrons. The van der Waals surface area contributed by atoms with Gasteiger partial charge in [0.1, 0.15) is 6.04 Å². The molecule has 3 aromatic carbocycles. The number of aryl methyl sites for hydroxylation is 1. The minimum atomic E-state index is -0.892. The van der Waals surface area contributed by atoms with E-state index in [1.807, 2.05) is 97.6 Å². The second-order valence-corrected chi connectivity index (χ2v) is 9.86. The molecule has 4 rings (SSSR count). The molecule has 0 aromatic heterocycles. The van der Waals surface area contributed by atoms with Crippen LogP contribution in [-0.2, 0) is 20.8 Å². The average Bonchev–Trinajstić information content (AvgIpc) is 3.03. The van der Waals surface area contributed by atoms with E-state index >= 15 is 0 Å². The molecule has 0 bridgehead atoms. The van der Waals surface area contributed by atoms with E-state index < -0.39 is 18.0 Å². The summed E-state index contributed by atoms with van der Waals surface area (Å²) < 4.78 is 0. The molecule has 7 heteroatoms. The number of Topliss-reactive ketones (excluding diaryl/α,β-unsaturated/α-hetero) is 1. The first kappa shape index (κ1) is 27.1. The van der Waals surface area contributed by atoms with Crippen LogP contribution in [0, 0.1) is 6.92 Å². The van der Waals surface area contributed by atoms with Crippen molar-refractivity contribution in [3.05, 3.63) is 90.0 Å². The van der Waals surface area contributed by atoms with E-state index in [1.54, 1.807) is 0 Å². The van der Waals surface area contributed by atoms with E-state index in [0.29, 0.717) is 18.5 Å². The first-order chi connectivity index (χ1) is 18.4. The van der Waals surface area contributed by atoms with Crippen LogP contribution in [0.5, 0.6) is 0 Å². The second kappa shape index (κ2) is 12.5. The van der Waals surface area contributed by atoms with Gasteiger partial charge in [-0.2, -0.15) is 0 Å². The maximum atomic E-state index is 14.0. The standard InChI is InChI=1S/C31H36N4O3/c1-3-4-15-25(36)20-35-29-18-22(2)16-17-28(29)34(24-13-9-6-10-14-24)21-27(31(35)38)33-30(37)26(32)19-23-11-7-5-8-12-23/h5-14,16-18,26-27H,3-4,15,19-21,32H2,1-2H3,(H,33,37)/t26-,27?/m0/s1. The van der Waals surface area contributed by atoms with Crippen molar-refractivity contribution in [2.24, 2.45) is 5.73 Å². The van der Waals surface area contributed by atoms with Gasteiger partial charge in [0.2, 0.25) is 5.91 Å². The Balaban J connectivity index is 1.68. The highest BCUT2D eigenvalue weighted by Gasteiger charge is 2.36. The van der Waals surface area contributed by atoms with Crippen LogP contribution in [0.2, 0.25) is 0 Å². The first-order valence-corrected chi connectivity index (χ1v) is 13.2. The van der Waals surface area contributed by atoms with Crippen molar-refractivity contribution in [1.82, 2.24) is 5.32 Å². The first-order valence-electron chi connectivity index (χ1n) is 13.2. The van der Waals surface area contributed by atoms with Gasteiger partial charge in [0.15, 0.2) is 5.78 Å². The molecule has 1 heterocycles. The summed E-state index contributed by atoms with van der Waals surface area (Å²) in [5, 5.41) is 2.92. The third kappa shape index (κ3) is 6.47. The zero-order chi connectivity index (χ0) is 27.1. The van der Waals surface area contributed by atoms with Gasteiger partial charge in [0, 0.05) is 12.1 Å². The molecule has 2 atom stereocenters. The Hall–Kier alpha value is -3.97. The lowest BCUT2D eigenvalue weighted by Crippen LogP contribution is -2.56. The summed E-state index contributed by atoms with van der Waals surface area (Å²) in [4.78, 5) is 43.7. The summed E-state index contributed by atoms with van der Waals surface area (Å²) >= 11 is 0. The Labute approximate surface area is 224 Å². The van der Waals surface area contributed by atoms with Gasteiger partial charge in [-0.15, -0.1) is 0 Å². The van der Waals surface area contributed by atoms with Gasteiger partial charge in [-0.3, -0.25) is 14.4 Å². The maximum Gasteiger partial charge on any atom is 0.251 e. The highest BCUT2D eigenvalue weighted by molar-refractivity contribution is 6.07. The van der Waals surface area contributed by atoms with E-state index in [4.69, 9.17) is 5.73 Å². The van der Waals surface area contributed by atoms with Crippen LogP contribution < -0.4 is 20.9 Å². The molecule has 3 aromatic rings. The molecule has 0 saturated carbocycles. The molecule has 1 unspecified atom stereocenters. The molecule has 0 fully saturated rings. The SMILES string of the molecule is CCCCC(=O)CN1C(=O)C(NC(=O)[C@@H](N)Cc2ccccc2)CN(c2ccccc2)c2ccc(C)cc21. The van der Waals surface area contributed by atoms with Crippen LogP contribution in [0.1, 0.15) is 37.3 Å². The van der Waals surface area contributed by atoms with E-state index in [-0.39, 0.29) is 24.8 Å². The van der Waals surface area contributed by atoms with Crippen molar-refractivity contribution >= 4 is 34.7 Å². The van der Waals surface area contributed by atoms with Crippen LogP contribution in [0.25, 0.3) is 0 Å². The van der Waals surface area contributed by atoms with Crippen LogP contribution in [0.3, 0.4) is 0 Å². The quantitative estimate of drug-likeness (QED) is 0.422. The number of nitrogens with two attached hydrogens (primary N) is 1. The predicted molar refractivity (Wildman–Crippen MR) is 152 cm³/mol. The van der Waals surface area contributed by atoms with Gasteiger partial charge in [-0.1, -0.05) is 67.9 Å². The van der Waals surface area contributed by atoms with Gasteiger partial charge in [-0.05, 0) is 55.2 Å². The third-order valence-electron chi connectivity index (χ3n) is 6.80. The number of fused-ring (bicyclic) bond motifs is 1. The molecule has 2 amide bonds. The Morgan fingerprint density at radius 3 is 2.37 bits per heavy atom. The lowest BCUT2D eigenvalue weighted by molar-refractivity contribution is -0.128. The largest absolute Gasteiger partial charge is 0.341 e. The minimum absolute atomic E-state index is 0.00771. The average molecular weight is 513 g/mol. The fraction of sp³-hybridized carbons (Fsp3) is 0.323. The minimum Gasteiger partial charge on any atom is -0.341 e. The summed E-state index contributed by atoms with van der Waals surface area (Å²) in [6.07, 6.45) is 2.43. The summed E-state index contributed by atoms with van der Waals surface area (Å²) in [5.74, 6) is -0.730. The molecule has 38 heavy (non-hydrogen) atoms. The lowest BCUT2D eigenvalue weighted by atomic mass is 10.1. The van der Waals surface area contributed by atoms with Crippen molar-refractivity contribution in [1.29, 1.82) is 0 Å². The number of anilines is 3. The molecule has 0 saturated heterocycles. The second-order valence-electron chi connectivity index (χ2n) is 9.86. The van der Waals surface area contributed by atoms with Crippen LogP contribution in [-0.4, -0.2) is 42.8 Å². The van der Waals surface area contributed by atoms with Crippen molar-refractivity contribution in [3.8, 4) is 0 Å². The fourth-order valence-electron chi connectivity index (χ4n) is 4.74. The summed E-state index contributed by atoms with van der Waals surface area (Å²) in [5.41, 5.74) is 10.5.